The van der Waals surface area contributed by atoms with E-state index in [-0.39, 0.29) is 24.2 Å². The van der Waals surface area contributed by atoms with Gasteiger partial charge in [-0.3, -0.25) is 9.59 Å². The molecule has 244 valence electrons. The first-order valence-corrected chi connectivity index (χ1v) is 17.0. The zero-order chi connectivity index (χ0) is 32.7. The Hall–Kier alpha value is -3.99. The Balaban J connectivity index is 1.35. The predicted octanol–water partition coefficient (Wildman–Crippen LogP) is 5.73. The molecule has 46 heavy (non-hydrogen) atoms. The van der Waals surface area contributed by atoms with E-state index in [9.17, 15) is 19.5 Å². The van der Waals surface area contributed by atoms with Crippen molar-refractivity contribution in [1.82, 2.24) is 20.2 Å². The number of aryl methyl sites for hydroxylation is 1. The number of carbonyl (C=O) groups excluding carboxylic acids is 2. The van der Waals surface area contributed by atoms with Gasteiger partial charge in [-0.15, -0.1) is 11.3 Å². The highest BCUT2D eigenvalue weighted by molar-refractivity contribution is 7.13. The van der Waals surface area contributed by atoms with E-state index in [1.165, 1.54) is 11.3 Å². The number of hydrogen-bond acceptors (Lipinski definition) is 8. The van der Waals surface area contributed by atoms with Crippen molar-refractivity contribution in [2.24, 2.45) is 17.8 Å². The Bertz CT molecular complexity index is 1700. The predicted molar refractivity (Wildman–Crippen MR) is 176 cm³/mol. The number of hydrogen-bond donors (Lipinski definition) is 2. The summed E-state index contributed by atoms with van der Waals surface area (Å²) in [5.41, 5.74) is 1.94. The highest BCUT2D eigenvalue weighted by atomic mass is 32.1. The topological polar surface area (TPSA) is 131 Å². The van der Waals surface area contributed by atoms with Crippen LogP contribution in [-0.4, -0.2) is 70.1 Å². The van der Waals surface area contributed by atoms with Gasteiger partial charge in [0.05, 0.1) is 30.2 Å². The fourth-order valence-electron chi connectivity index (χ4n) is 6.85. The number of rotatable bonds is 6. The Morgan fingerprint density at radius 1 is 1.15 bits per heavy atom. The molecule has 0 saturated heterocycles. The molecular weight excluding hydrogens is 604 g/mol. The van der Waals surface area contributed by atoms with Crippen LogP contribution in [0.3, 0.4) is 0 Å². The molecule has 0 bridgehead atoms. The van der Waals surface area contributed by atoms with Crippen LogP contribution in [0.5, 0.6) is 11.5 Å². The normalized spacial score (nSPS) is 27.5. The number of thiazole rings is 1. The first kappa shape index (κ1) is 32.0. The van der Waals surface area contributed by atoms with Crippen molar-refractivity contribution in [1.29, 1.82) is 0 Å². The minimum atomic E-state index is -1.33. The largest absolute Gasteiger partial charge is 0.496 e. The summed E-state index contributed by atoms with van der Waals surface area (Å²) in [5.74, 6) is -1.58. The van der Waals surface area contributed by atoms with Gasteiger partial charge in [-0.25, -0.2) is 14.8 Å². The van der Waals surface area contributed by atoms with Gasteiger partial charge in [-0.2, -0.15) is 0 Å². The van der Waals surface area contributed by atoms with Crippen LogP contribution in [0, 0.1) is 24.7 Å². The number of amides is 2. The van der Waals surface area contributed by atoms with Crippen LogP contribution in [0.1, 0.15) is 69.5 Å². The van der Waals surface area contributed by atoms with Crippen LogP contribution in [-0.2, 0) is 14.4 Å². The smallest absolute Gasteiger partial charge is 0.330 e. The highest BCUT2D eigenvalue weighted by Crippen LogP contribution is 2.47. The number of carbonyl (C=O) groups is 3. The molecule has 2 N–H and O–H groups in total. The quantitative estimate of drug-likeness (QED) is 0.325. The number of methoxy groups -OCH3 is 1. The van der Waals surface area contributed by atoms with Crippen molar-refractivity contribution in [2.45, 2.75) is 76.9 Å². The fraction of sp³-hybridized carbons (Fsp3) is 0.514. The molecule has 0 spiro atoms. The second-order valence-electron chi connectivity index (χ2n) is 13.2. The lowest BCUT2D eigenvalue weighted by atomic mass is 9.93. The molecule has 3 aromatic rings. The lowest BCUT2D eigenvalue weighted by Crippen LogP contribution is -2.49. The van der Waals surface area contributed by atoms with Crippen molar-refractivity contribution in [3.63, 3.8) is 0 Å². The molecule has 1 aromatic carbocycles. The number of pyridine rings is 1. The van der Waals surface area contributed by atoms with Gasteiger partial charge in [0.1, 0.15) is 33.8 Å². The van der Waals surface area contributed by atoms with E-state index in [0.717, 1.165) is 46.4 Å². The second kappa shape index (κ2) is 12.7. The molecule has 2 amide bonds. The third-order valence-corrected chi connectivity index (χ3v) is 10.7. The number of carboxylic acid groups (broad SMARTS) is 1. The molecule has 1 unspecified atom stereocenters. The lowest BCUT2D eigenvalue weighted by molar-refractivity contribution is -0.145. The van der Waals surface area contributed by atoms with Crippen LogP contribution >= 0.6 is 11.3 Å². The van der Waals surface area contributed by atoms with Gasteiger partial charge >= 0.3 is 5.97 Å². The molecule has 2 saturated carbocycles. The van der Waals surface area contributed by atoms with E-state index in [1.54, 1.807) is 19.1 Å². The molecule has 2 aromatic heterocycles. The van der Waals surface area contributed by atoms with Crippen molar-refractivity contribution < 1.29 is 29.0 Å². The summed E-state index contributed by atoms with van der Waals surface area (Å²) in [5, 5.41) is 16.6. The number of aliphatic carboxylic acids is 1. The Morgan fingerprint density at radius 2 is 1.93 bits per heavy atom. The van der Waals surface area contributed by atoms with Gasteiger partial charge in [0, 0.05) is 41.9 Å². The van der Waals surface area contributed by atoms with Gasteiger partial charge < -0.3 is 24.8 Å². The number of fused-ring (bicyclic) bond motifs is 3. The van der Waals surface area contributed by atoms with E-state index < -0.39 is 35.4 Å². The number of benzene rings is 1. The molecule has 2 aliphatic carbocycles. The third kappa shape index (κ3) is 5.97. The van der Waals surface area contributed by atoms with E-state index >= 15 is 0 Å². The van der Waals surface area contributed by atoms with Crippen molar-refractivity contribution in [3.05, 3.63) is 47.0 Å². The fourth-order valence-corrected chi connectivity index (χ4v) is 7.79. The molecule has 5 atom stereocenters. The van der Waals surface area contributed by atoms with E-state index in [4.69, 9.17) is 19.4 Å². The number of nitrogens with one attached hydrogen (secondary N) is 1. The summed E-state index contributed by atoms with van der Waals surface area (Å²) < 4.78 is 12.3. The maximum Gasteiger partial charge on any atom is 0.330 e. The van der Waals surface area contributed by atoms with Gasteiger partial charge in [0.25, 0.3) is 0 Å². The van der Waals surface area contributed by atoms with Gasteiger partial charge in [0.2, 0.25) is 11.8 Å². The SMILES string of the molecule is COc1ccc2c(O[C@H]3CC4C(=O)N(C)CCCC/C=C\[C@@H]5C[C@@]5(C(=O)O)NC(=O)[C@@H]4C3)cc(-c3nc(C(C)C)cs3)nc2c1C. The summed E-state index contributed by atoms with van der Waals surface area (Å²) in [6, 6.07) is 5.70. The zero-order valence-corrected chi connectivity index (χ0v) is 27.9. The highest BCUT2D eigenvalue weighted by Gasteiger charge is 2.61. The van der Waals surface area contributed by atoms with Gasteiger partial charge in [-0.05, 0) is 63.5 Å². The Kier molecular flexibility index (Phi) is 8.80. The zero-order valence-electron chi connectivity index (χ0n) is 27.0. The van der Waals surface area contributed by atoms with Gasteiger partial charge in [-0.1, -0.05) is 26.0 Å². The Morgan fingerprint density at radius 3 is 2.65 bits per heavy atom. The summed E-state index contributed by atoms with van der Waals surface area (Å²) in [6.07, 6.45) is 6.97. The van der Waals surface area contributed by atoms with Crippen molar-refractivity contribution in [3.8, 4) is 22.2 Å². The molecule has 2 fully saturated rings. The molecule has 10 nitrogen and oxygen atoms in total. The van der Waals surface area contributed by atoms with E-state index in [2.05, 4.69) is 19.2 Å². The number of nitrogens with zero attached hydrogens (tertiary/aromatic N) is 3. The maximum absolute atomic E-state index is 13.8. The molecule has 3 heterocycles. The van der Waals surface area contributed by atoms with E-state index in [0.29, 0.717) is 36.6 Å². The summed E-state index contributed by atoms with van der Waals surface area (Å²) in [4.78, 5) is 51.5. The second-order valence-corrected chi connectivity index (χ2v) is 14.1. The number of allylic oxidation sites excluding steroid dienone is 1. The van der Waals surface area contributed by atoms with Crippen LogP contribution in [0.15, 0.2) is 35.7 Å². The number of carboxylic acids is 1. The monoisotopic (exact) mass is 646 g/mol. The molecule has 0 radical (unpaired) electrons. The summed E-state index contributed by atoms with van der Waals surface area (Å²) in [7, 11) is 3.41. The average Bonchev–Trinajstić information content (AvgIpc) is 3.33. The molecule has 6 rings (SSSR count). The molecule has 3 aliphatic rings. The van der Waals surface area contributed by atoms with Gasteiger partial charge in [0.15, 0.2) is 0 Å². The standard InChI is InChI=1S/C35H42N4O6S/c1-19(2)27-18-46-32(37-27)26-16-29(23-11-12-28(44-5)20(3)30(23)36-26)45-22-14-24-25(15-22)33(41)39(4)13-9-7-6-8-10-21-17-35(21,34(42)43)38-31(24)40/h8,10-12,16,18-19,21-22,24-25H,6-7,9,13-15,17H2,1-5H3,(H,38,40)(H,42,43)/b10-8-/t21-,22-,24-,25?,35-/m1/s1. The first-order chi connectivity index (χ1) is 22.0. The first-order valence-electron chi connectivity index (χ1n) is 16.1. The minimum Gasteiger partial charge on any atom is -0.496 e. The van der Waals surface area contributed by atoms with Crippen LogP contribution < -0.4 is 14.8 Å². The van der Waals surface area contributed by atoms with Crippen molar-refractivity contribution in [2.75, 3.05) is 20.7 Å². The average molecular weight is 647 g/mol. The lowest BCUT2D eigenvalue weighted by Gasteiger charge is -2.26. The summed E-state index contributed by atoms with van der Waals surface area (Å²) >= 11 is 1.53. The minimum absolute atomic E-state index is 0.111. The summed E-state index contributed by atoms with van der Waals surface area (Å²) in [6.45, 7) is 6.75. The van der Waals surface area contributed by atoms with E-state index in [1.807, 2.05) is 42.7 Å². The maximum atomic E-state index is 13.8. The third-order valence-electron chi connectivity index (χ3n) is 9.77. The van der Waals surface area contributed by atoms with Crippen molar-refractivity contribution >= 4 is 40.0 Å². The van der Waals surface area contributed by atoms with Crippen LogP contribution in [0.2, 0.25) is 0 Å². The number of aromatic nitrogens is 2. The Labute approximate surface area is 273 Å². The molecule has 1 aliphatic heterocycles. The van der Waals surface area contributed by atoms with Crippen LogP contribution in [0.25, 0.3) is 21.6 Å². The van der Waals surface area contributed by atoms with Crippen LogP contribution in [0.4, 0.5) is 0 Å². The molecule has 11 heteroatoms. The number of ether oxygens (including phenoxy) is 2. The molecular formula is C35H42N4O6S.